The van der Waals surface area contributed by atoms with E-state index in [4.69, 9.17) is 4.74 Å². The molecule has 2 nitrogen and oxygen atoms in total. The Kier molecular flexibility index (Phi) is 1.26. The molecule has 2 rings (SSSR count). The summed E-state index contributed by atoms with van der Waals surface area (Å²) in [5, 5.41) is 0. The van der Waals surface area contributed by atoms with Crippen LogP contribution in [0.25, 0.3) is 0 Å². The lowest BCUT2D eigenvalue weighted by Crippen LogP contribution is -2.12. The maximum absolute atomic E-state index is 11.0. The van der Waals surface area contributed by atoms with Crippen LogP contribution in [-0.2, 0) is 9.53 Å². The summed E-state index contributed by atoms with van der Waals surface area (Å²) >= 11 is 0. The molecule has 0 aromatic carbocycles. The molecule has 54 valence electrons. The normalized spacial score (nSPS) is 23.0. The Bertz CT molecular complexity index is 189. The molecule has 1 saturated carbocycles. The van der Waals surface area contributed by atoms with E-state index in [1.165, 1.54) is 0 Å². The first-order chi connectivity index (χ1) is 4.86. The van der Waals surface area contributed by atoms with Crippen molar-refractivity contribution in [3.8, 4) is 0 Å². The molecule has 0 aromatic rings. The van der Waals surface area contributed by atoms with Gasteiger partial charge in [-0.2, -0.15) is 0 Å². The second kappa shape index (κ2) is 2.11. The summed E-state index contributed by atoms with van der Waals surface area (Å²) < 4.78 is 5.06. The van der Waals surface area contributed by atoms with Gasteiger partial charge in [0.25, 0.3) is 0 Å². The highest BCUT2D eigenvalue weighted by Gasteiger charge is 2.28. The minimum absolute atomic E-state index is 0.0752. The van der Waals surface area contributed by atoms with E-state index in [0.29, 0.717) is 0 Å². The van der Waals surface area contributed by atoms with Crippen LogP contribution in [0.5, 0.6) is 0 Å². The molecule has 0 aromatic heterocycles. The highest BCUT2D eigenvalue weighted by Crippen LogP contribution is 2.27. The second-order valence-corrected chi connectivity index (χ2v) is 2.87. The van der Waals surface area contributed by atoms with Crippen LogP contribution >= 0.6 is 0 Å². The van der Waals surface area contributed by atoms with E-state index in [1.807, 2.05) is 6.08 Å². The standard InChI is InChI=1S/C8H10O2/c9-8(6-2-1-3-6)10-7-4-5-7/h2,7H,1,3-5H2. The minimum atomic E-state index is -0.0752. The SMILES string of the molecule is O=C(OC1CC1)C1=CCC1. The highest BCUT2D eigenvalue weighted by molar-refractivity contribution is 5.90. The molecule has 1 fully saturated rings. The largest absolute Gasteiger partial charge is 0.459 e. The fourth-order valence-corrected chi connectivity index (χ4v) is 0.887. The molecule has 0 amide bonds. The van der Waals surface area contributed by atoms with Crippen LogP contribution in [0.1, 0.15) is 25.7 Å². The number of carbonyl (C=O) groups excluding carboxylic acids is 1. The quantitative estimate of drug-likeness (QED) is 0.539. The van der Waals surface area contributed by atoms with Crippen molar-refractivity contribution in [3.05, 3.63) is 11.6 Å². The Labute approximate surface area is 59.9 Å². The van der Waals surface area contributed by atoms with E-state index in [9.17, 15) is 4.79 Å². The minimum Gasteiger partial charge on any atom is -0.459 e. The van der Waals surface area contributed by atoms with Crippen LogP contribution < -0.4 is 0 Å². The molecule has 0 radical (unpaired) electrons. The molecule has 2 aliphatic carbocycles. The van der Waals surface area contributed by atoms with Crippen molar-refractivity contribution >= 4 is 5.97 Å². The van der Waals surface area contributed by atoms with Crippen LogP contribution in [0.3, 0.4) is 0 Å². The molecule has 10 heavy (non-hydrogen) atoms. The molecular weight excluding hydrogens is 128 g/mol. The van der Waals surface area contributed by atoms with Gasteiger partial charge in [-0.1, -0.05) is 6.08 Å². The van der Waals surface area contributed by atoms with Crippen LogP contribution in [0.15, 0.2) is 11.6 Å². The molecule has 0 unspecified atom stereocenters. The van der Waals surface area contributed by atoms with Crippen LogP contribution in [-0.4, -0.2) is 12.1 Å². The van der Waals surface area contributed by atoms with Crippen molar-refractivity contribution < 1.29 is 9.53 Å². The van der Waals surface area contributed by atoms with Crippen LogP contribution in [0.4, 0.5) is 0 Å². The molecule has 0 spiro atoms. The molecule has 0 atom stereocenters. The summed E-state index contributed by atoms with van der Waals surface area (Å²) in [7, 11) is 0. The van der Waals surface area contributed by atoms with E-state index in [1.54, 1.807) is 0 Å². The third-order valence-corrected chi connectivity index (χ3v) is 1.86. The fraction of sp³-hybridized carbons (Fsp3) is 0.625. The topological polar surface area (TPSA) is 26.3 Å². The fourth-order valence-electron chi connectivity index (χ4n) is 0.887. The molecule has 0 heterocycles. The first-order valence-electron chi connectivity index (χ1n) is 3.76. The second-order valence-electron chi connectivity index (χ2n) is 2.87. The van der Waals surface area contributed by atoms with Gasteiger partial charge in [0, 0.05) is 5.57 Å². The van der Waals surface area contributed by atoms with E-state index in [2.05, 4.69) is 0 Å². The van der Waals surface area contributed by atoms with E-state index in [0.717, 1.165) is 31.3 Å². The number of esters is 1. The van der Waals surface area contributed by atoms with Gasteiger partial charge in [0.1, 0.15) is 6.10 Å². The van der Waals surface area contributed by atoms with Gasteiger partial charge in [-0.25, -0.2) is 4.79 Å². The Morgan fingerprint density at radius 2 is 2.30 bits per heavy atom. The Hall–Kier alpha value is -0.790. The predicted molar refractivity (Wildman–Crippen MR) is 36.4 cm³/mol. The van der Waals surface area contributed by atoms with Gasteiger partial charge in [0.05, 0.1) is 0 Å². The average Bonchev–Trinajstić information content (AvgIpc) is 2.43. The lowest BCUT2D eigenvalue weighted by Gasteiger charge is -2.12. The van der Waals surface area contributed by atoms with Crippen LogP contribution in [0.2, 0.25) is 0 Å². The molecule has 0 saturated heterocycles. The molecule has 0 N–H and O–H groups in total. The first-order valence-corrected chi connectivity index (χ1v) is 3.76. The van der Waals surface area contributed by atoms with Gasteiger partial charge in [-0.15, -0.1) is 0 Å². The van der Waals surface area contributed by atoms with E-state index >= 15 is 0 Å². The maximum Gasteiger partial charge on any atom is 0.333 e. The average molecular weight is 138 g/mol. The third-order valence-electron chi connectivity index (χ3n) is 1.86. The zero-order valence-corrected chi connectivity index (χ0v) is 5.80. The predicted octanol–water partition coefficient (Wildman–Crippen LogP) is 1.41. The van der Waals surface area contributed by atoms with Gasteiger partial charge >= 0.3 is 5.97 Å². The molecule has 0 aliphatic heterocycles. The summed E-state index contributed by atoms with van der Waals surface area (Å²) in [6, 6.07) is 0. The number of allylic oxidation sites excluding steroid dienone is 1. The Morgan fingerprint density at radius 3 is 2.70 bits per heavy atom. The molecule has 2 heteroatoms. The van der Waals surface area contributed by atoms with Crippen molar-refractivity contribution in [3.63, 3.8) is 0 Å². The van der Waals surface area contributed by atoms with Crippen molar-refractivity contribution in [2.45, 2.75) is 31.8 Å². The van der Waals surface area contributed by atoms with Crippen molar-refractivity contribution in [2.24, 2.45) is 0 Å². The molecule has 0 bridgehead atoms. The summed E-state index contributed by atoms with van der Waals surface area (Å²) in [5.74, 6) is -0.0752. The van der Waals surface area contributed by atoms with Gasteiger partial charge < -0.3 is 4.74 Å². The molecular formula is C8H10O2. The van der Waals surface area contributed by atoms with E-state index < -0.39 is 0 Å². The third kappa shape index (κ3) is 1.06. The maximum atomic E-state index is 11.0. The first kappa shape index (κ1) is 5.96. The van der Waals surface area contributed by atoms with Gasteiger partial charge in [-0.05, 0) is 25.7 Å². The number of hydrogen-bond donors (Lipinski definition) is 0. The summed E-state index contributed by atoms with van der Waals surface area (Å²) in [6.45, 7) is 0. The summed E-state index contributed by atoms with van der Waals surface area (Å²) in [4.78, 5) is 11.0. The number of rotatable bonds is 2. The lowest BCUT2D eigenvalue weighted by molar-refractivity contribution is -0.140. The number of carbonyl (C=O) groups is 1. The zero-order chi connectivity index (χ0) is 6.97. The van der Waals surface area contributed by atoms with Crippen molar-refractivity contribution in [1.82, 2.24) is 0 Å². The smallest absolute Gasteiger partial charge is 0.333 e. The Morgan fingerprint density at radius 1 is 1.60 bits per heavy atom. The zero-order valence-electron chi connectivity index (χ0n) is 5.80. The highest BCUT2D eigenvalue weighted by atomic mass is 16.5. The van der Waals surface area contributed by atoms with Gasteiger partial charge in [0.2, 0.25) is 0 Å². The Balaban J connectivity index is 1.85. The summed E-state index contributed by atoms with van der Waals surface area (Å²) in [5.41, 5.74) is 0.881. The summed E-state index contributed by atoms with van der Waals surface area (Å²) in [6.07, 6.45) is 6.32. The van der Waals surface area contributed by atoms with Gasteiger partial charge in [0.15, 0.2) is 0 Å². The van der Waals surface area contributed by atoms with E-state index in [-0.39, 0.29) is 12.1 Å². The van der Waals surface area contributed by atoms with Gasteiger partial charge in [-0.3, -0.25) is 0 Å². The molecule has 2 aliphatic rings. The number of hydrogen-bond acceptors (Lipinski definition) is 2. The lowest BCUT2D eigenvalue weighted by atomic mass is 10.00. The van der Waals surface area contributed by atoms with Crippen molar-refractivity contribution in [1.29, 1.82) is 0 Å². The van der Waals surface area contributed by atoms with Crippen LogP contribution in [0, 0.1) is 0 Å². The number of ether oxygens (including phenoxy) is 1. The van der Waals surface area contributed by atoms with Crippen molar-refractivity contribution in [2.75, 3.05) is 0 Å². The monoisotopic (exact) mass is 138 g/mol.